The van der Waals surface area contributed by atoms with Gasteiger partial charge in [-0.25, -0.2) is 0 Å². The molecule has 0 aliphatic carbocycles. The summed E-state index contributed by atoms with van der Waals surface area (Å²) in [6.07, 6.45) is 5.78. The Labute approximate surface area is 115 Å². The third kappa shape index (κ3) is 3.83. The Hall–Kier alpha value is -1.80. The highest BCUT2D eigenvalue weighted by Crippen LogP contribution is 2.23. The number of hydrogen-bond donors (Lipinski definition) is 1. The number of nitrogens with one attached hydrogen (secondary N) is 1. The SMILES string of the molecule is C=CCCC(C)NC(c1ccccc1)c1ccco1. The Morgan fingerprint density at radius 2 is 2.00 bits per heavy atom. The van der Waals surface area contributed by atoms with Gasteiger partial charge in [-0.2, -0.15) is 0 Å². The summed E-state index contributed by atoms with van der Waals surface area (Å²) in [5, 5.41) is 3.63. The molecule has 100 valence electrons. The van der Waals surface area contributed by atoms with Crippen molar-refractivity contribution < 1.29 is 4.42 Å². The first-order valence-electron chi connectivity index (χ1n) is 6.76. The first kappa shape index (κ1) is 13.6. The molecule has 2 rings (SSSR count). The molecule has 1 aromatic carbocycles. The normalized spacial score (nSPS) is 13.9. The Morgan fingerprint density at radius 1 is 1.21 bits per heavy atom. The van der Waals surface area contributed by atoms with E-state index in [2.05, 4.69) is 43.1 Å². The summed E-state index contributed by atoms with van der Waals surface area (Å²) in [6, 6.07) is 14.9. The maximum absolute atomic E-state index is 5.57. The summed E-state index contributed by atoms with van der Waals surface area (Å²) in [6.45, 7) is 5.97. The molecule has 0 saturated heterocycles. The van der Waals surface area contributed by atoms with Gasteiger partial charge in [0, 0.05) is 6.04 Å². The van der Waals surface area contributed by atoms with Gasteiger partial charge in [-0.1, -0.05) is 36.4 Å². The van der Waals surface area contributed by atoms with Crippen molar-refractivity contribution in [1.29, 1.82) is 0 Å². The zero-order valence-corrected chi connectivity index (χ0v) is 11.4. The van der Waals surface area contributed by atoms with Gasteiger partial charge in [-0.05, 0) is 37.5 Å². The van der Waals surface area contributed by atoms with Crippen LogP contribution in [0.1, 0.15) is 37.1 Å². The Balaban J connectivity index is 2.14. The van der Waals surface area contributed by atoms with Crippen LogP contribution in [0.5, 0.6) is 0 Å². The number of furan rings is 1. The van der Waals surface area contributed by atoms with Crippen LogP contribution in [0, 0.1) is 0 Å². The molecule has 0 aliphatic rings. The largest absolute Gasteiger partial charge is 0.467 e. The van der Waals surface area contributed by atoms with Crippen molar-refractivity contribution >= 4 is 0 Å². The van der Waals surface area contributed by atoms with E-state index in [4.69, 9.17) is 4.42 Å². The predicted molar refractivity (Wildman–Crippen MR) is 79.0 cm³/mol. The van der Waals surface area contributed by atoms with Gasteiger partial charge in [0.1, 0.15) is 5.76 Å². The summed E-state index contributed by atoms with van der Waals surface area (Å²) >= 11 is 0. The number of rotatable bonds is 7. The first-order valence-corrected chi connectivity index (χ1v) is 6.76. The zero-order chi connectivity index (χ0) is 13.5. The molecule has 1 N–H and O–H groups in total. The van der Waals surface area contributed by atoms with E-state index in [1.54, 1.807) is 6.26 Å². The van der Waals surface area contributed by atoms with Crippen LogP contribution in [0.2, 0.25) is 0 Å². The topological polar surface area (TPSA) is 25.2 Å². The van der Waals surface area contributed by atoms with Crippen LogP contribution in [0.15, 0.2) is 65.8 Å². The lowest BCUT2D eigenvalue weighted by molar-refractivity contribution is 0.405. The van der Waals surface area contributed by atoms with Gasteiger partial charge in [-0.15, -0.1) is 6.58 Å². The second-order valence-electron chi connectivity index (χ2n) is 4.79. The van der Waals surface area contributed by atoms with E-state index in [0.717, 1.165) is 18.6 Å². The second kappa shape index (κ2) is 6.95. The lowest BCUT2D eigenvalue weighted by Crippen LogP contribution is -2.31. The summed E-state index contributed by atoms with van der Waals surface area (Å²) in [4.78, 5) is 0. The average molecular weight is 255 g/mol. The van der Waals surface area contributed by atoms with E-state index in [1.165, 1.54) is 5.56 Å². The van der Waals surface area contributed by atoms with E-state index in [0.29, 0.717) is 6.04 Å². The molecule has 0 bridgehead atoms. The maximum Gasteiger partial charge on any atom is 0.125 e. The lowest BCUT2D eigenvalue weighted by atomic mass is 10.0. The van der Waals surface area contributed by atoms with E-state index in [9.17, 15) is 0 Å². The van der Waals surface area contributed by atoms with Gasteiger partial charge in [0.15, 0.2) is 0 Å². The van der Waals surface area contributed by atoms with Crippen LogP contribution in [0.25, 0.3) is 0 Å². The van der Waals surface area contributed by atoms with Crippen molar-refractivity contribution in [3.05, 3.63) is 72.7 Å². The highest BCUT2D eigenvalue weighted by molar-refractivity contribution is 5.26. The molecule has 1 heterocycles. The van der Waals surface area contributed by atoms with Crippen molar-refractivity contribution in [2.75, 3.05) is 0 Å². The Morgan fingerprint density at radius 3 is 2.63 bits per heavy atom. The lowest BCUT2D eigenvalue weighted by Gasteiger charge is -2.22. The summed E-state index contributed by atoms with van der Waals surface area (Å²) in [5.74, 6) is 0.955. The highest BCUT2D eigenvalue weighted by Gasteiger charge is 2.18. The van der Waals surface area contributed by atoms with Crippen molar-refractivity contribution in [3.63, 3.8) is 0 Å². The maximum atomic E-state index is 5.57. The van der Waals surface area contributed by atoms with E-state index >= 15 is 0 Å². The molecule has 2 aromatic rings. The third-order valence-electron chi connectivity index (χ3n) is 3.22. The smallest absolute Gasteiger partial charge is 0.125 e. The molecule has 2 unspecified atom stereocenters. The van der Waals surface area contributed by atoms with Crippen LogP contribution in [-0.4, -0.2) is 6.04 Å². The number of allylic oxidation sites excluding steroid dienone is 1. The van der Waals surface area contributed by atoms with Gasteiger partial charge in [-0.3, -0.25) is 0 Å². The van der Waals surface area contributed by atoms with Gasteiger partial charge >= 0.3 is 0 Å². The quantitative estimate of drug-likeness (QED) is 0.746. The average Bonchev–Trinajstić information content (AvgIpc) is 2.97. The number of hydrogen-bond acceptors (Lipinski definition) is 2. The van der Waals surface area contributed by atoms with E-state index in [1.807, 2.05) is 24.3 Å². The standard InChI is InChI=1S/C17H21NO/c1-3-4-9-14(2)18-17(16-12-8-13-19-16)15-10-6-5-7-11-15/h3,5-8,10-14,17-18H,1,4,9H2,2H3. The van der Waals surface area contributed by atoms with E-state index in [-0.39, 0.29) is 6.04 Å². The van der Waals surface area contributed by atoms with Crippen molar-refractivity contribution in [3.8, 4) is 0 Å². The van der Waals surface area contributed by atoms with Crippen molar-refractivity contribution in [2.24, 2.45) is 0 Å². The monoisotopic (exact) mass is 255 g/mol. The summed E-state index contributed by atoms with van der Waals surface area (Å²) in [7, 11) is 0. The van der Waals surface area contributed by atoms with Crippen molar-refractivity contribution in [2.45, 2.75) is 31.8 Å². The highest BCUT2D eigenvalue weighted by atomic mass is 16.3. The van der Waals surface area contributed by atoms with Crippen LogP contribution < -0.4 is 5.32 Å². The molecule has 0 saturated carbocycles. The fraction of sp³-hybridized carbons (Fsp3) is 0.294. The minimum absolute atomic E-state index is 0.107. The molecule has 2 atom stereocenters. The summed E-state index contributed by atoms with van der Waals surface area (Å²) in [5.41, 5.74) is 1.22. The minimum Gasteiger partial charge on any atom is -0.467 e. The fourth-order valence-corrected chi connectivity index (χ4v) is 2.18. The Kier molecular flexibility index (Phi) is 4.99. The minimum atomic E-state index is 0.107. The molecular formula is C17H21NO. The zero-order valence-electron chi connectivity index (χ0n) is 11.4. The molecule has 0 radical (unpaired) electrons. The Bertz CT molecular complexity index is 475. The number of benzene rings is 1. The molecule has 0 amide bonds. The summed E-state index contributed by atoms with van der Waals surface area (Å²) < 4.78 is 5.57. The van der Waals surface area contributed by atoms with Crippen molar-refractivity contribution in [1.82, 2.24) is 5.32 Å². The fourth-order valence-electron chi connectivity index (χ4n) is 2.18. The van der Waals surface area contributed by atoms with E-state index < -0.39 is 0 Å². The van der Waals surface area contributed by atoms with Crippen LogP contribution >= 0.6 is 0 Å². The van der Waals surface area contributed by atoms with Crippen LogP contribution in [0.3, 0.4) is 0 Å². The molecular weight excluding hydrogens is 234 g/mol. The molecule has 0 spiro atoms. The van der Waals surface area contributed by atoms with Gasteiger partial charge in [0.2, 0.25) is 0 Å². The first-order chi connectivity index (χ1) is 9.31. The van der Waals surface area contributed by atoms with Gasteiger partial charge in [0.25, 0.3) is 0 Å². The predicted octanol–water partition coefficient (Wildman–Crippen LogP) is 4.31. The molecule has 0 aliphatic heterocycles. The third-order valence-corrected chi connectivity index (χ3v) is 3.22. The molecule has 19 heavy (non-hydrogen) atoms. The van der Waals surface area contributed by atoms with Crippen LogP contribution in [0.4, 0.5) is 0 Å². The second-order valence-corrected chi connectivity index (χ2v) is 4.79. The molecule has 2 nitrogen and oxygen atoms in total. The molecule has 1 aromatic heterocycles. The van der Waals surface area contributed by atoms with Crippen LogP contribution in [-0.2, 0) is 0 Å². The van der Waals surface area contributed by atoms with Gasteiger partial charge in [0.05, 0.1) is 12.3 Å². The molecule has 2 heteroatoms. The van der Waals surface area contributed by atoms with Gasteiger partial charge < -0.3 is 9.73 Å². The molecule has 0 fully saturated rings.